The van der Waals surface area contributed by atoms with E-state index in [0.29, 0.717) is 11.3 Å². The van der Waals surface area contributed by atoms with Gasteiger partial charge in [-0.25, -0.2) is 4.98 Å². The van der Waals surface area contributed by atoms with Crippen LogP contribution >= 0.6 is 11.3 Å². The van der Waals surface area contributed by atoms with Crippen molar-refractivity contribution in [1.29, 1.82) is 0 Å². The van der Waals surface area contributed by atoms with Crippen molar-refractivity contribution >= 4 is 43.6 Å². The molecule has 0 bridgehead atoms. The quantitative estimate of drug-likeness (QED) is 0.163. The number of benzene rings is 2. The molecule has 2 aromatic carbocycles. The minimum atomic E-state index is -2.28. The predicted octanol–water partition coefficient (Wildman–Crippen LogP) is 11.2. The first kappa shape index (κ1) is 29.4. The summed E-state index contributed by atoms with van der Waals surface area (Å²) in [7, 11) is 0. The molecule has 4 nitrogen and oxygen atoms in total. The maximum absolute atomic E-state index is 7.67. The fourth-order valence-electron chi connectivity index (χ4n) is 6.33. The van der Waals surface area contributed by atoms with Crippen molar-refractivity contribution in [3.8, 4) is 22.5 Å². The molecule has 241 valence electrons. The number of aromatic nitrogens is 3. The zero-order valence-electron chi connectivity index (χ0n) is 30.8. The van der Waals surface area contributed by atoms with E-state index in [1.165, 1.54) is 38.3 Å². The zero-order valence-corrected chi connectivity index (χ0v) is 31.0. The summed E-state index contributed by atoms with van der Waals surface area (Å²) in [5, 5.41) is 1.67. The number of fused-ring (bicyclic) bond motifs is 6. The number of aryl methyl sites for hydroxylation is 4. The second-order valence-electron chi connectivity index (χ2n) is 13.8. The molecule has 0 aliphatic heterocycles. The summed E-state index contributed by atoms with van der Waals surface area (Å²) in [4.78, 5) is 15.3. The summed E-state index contributed by atoms with van der Waals surface area (Å²) in [5.74, 6) is 0. The Bertz CT molecular complexity index is 2370. The van der Waals surface area contributed by atoms with E-state index in [-0.39, 0.29) is 36.6 Å². The maximum atomic E-state index is 7.67. The molecule has 0 amide bonds. The number of pyridine rings is 3. The Morgan fingerprint density at radius 3 is 2.40 bits per heavy atom. The van der Waals surface area contributed by atoms with Crippen LogP contribution in [0.15, 0.2) is 71.3 Å². The smallest absolute Gasteiger partial charge is 0.216 e. The molecule has 47 heavy (non-hydrogen) atoms. The van der Waals surface area contributed by atoms with Crippen LogP contribution in [0.25, 0.3) is 54.8 Å². The van der Waals surface area contributed by atoms with Crippen LogP contribution in [-0.2, 0) is 30.9 Å². The molecule has 6 heteroatoms. The normalized spacial score (nSPS) is 16.0. The molecule has 1 aliphatic carbocycles. The van der Waals surface area contributed by atoms with Gasteiger partial charge in [-0.15, -0.1) is 64.9 Å². The van der Waals surface area contributed by atoms with E-state index in [9.17, 15) is 0 Å². The van der Waals surface area contributed by atoms with Gasteiger partial charge in [0.15, 0.2) is 0 Å². The predicted molar refractivity (Wildman–Crippen MR) is 192 cm³/mol. The van der Waals surface area contributed by atoms with Crippen molar-refractivity contribution in [2.45, 2.75) is 79.0 Å². The average molecular weight is 817 g/mol. The van der Waals surface area contributed by atoms with Crippen LogP contribution in [0.1, 0.15) is 77.5 Å². The van der Waals surface area contributed by atoms with Gasteiger partial charge in [0.1, 0.15) is 0 Å². The number of thiophene rings is 1. The third kappa shape index (κ3) is 6.08. The Morgan fingerprint density at radius 2 is 1.66 bits per heavy atom. The summed E-state index contributed by atoms with van der Waals surface area (Å²) < 4.78 is 30.3. The molecule has 0 atom stereocenters. The van der Waals surface area contributed by atoms with E-state index in [1.54, 1.807) is 12.1 Å². The molecule has 8 rings (SSSR count). The summed E-state index contributed by atoms with van der Waals surface area (Å²) in [5.41, 5.74) is 11.0. The van der Waals surface area contributed by atoms with Crippen LogP contribution in [0.2, 0.25) is 0 Å². The Balaban J connectivity index is 0.000000227. The van der Waals surface area contributed by atoms with Crippen LogP contribution in [0.5, 0.6) is 0 Å². The molecule has 1 aliphatic rings. The van der Waals surface area contributed by atoms with Gasteiger partial charge in [0.25, 0.3) is 0 Å². The van der Waals surface area contributed by atoms with Gasteiger partial charge in [0.05, 0.1) is 15.8 Å². The molecular formula is C41H39IrN3OS-2. The van der Waals surface area contributed by atoms with Crippen molar-refractivity contribution < 1.29 is 28.6 Å². The van der Waals surface area contributed by atoms with Crippen LogP contribution in [0, 0.1) is 39.8 Å². The number of rotatable bonds is 2. The summed E-state index contributed by atoms with van der Waals surface area (Å²) in [6, 6.07) is 26.1. The zero-order chi connectivity index (χ0) is 34.9. The van der Waals surface area contributed by atoms with Crippen LogP contribution in [0.4, 0.5) is 0 Å². The van der Waals surface area contributed by atoms with Gasteiger partial charge in [-0.1, -0.05) is 63.3 Å². The Labute approximate surface area is 299 Å². The van der Waals surface area contributed by atoms with Crippen LogP contribution < -0.4 is 0 Å². The van der Waals surface area contributed by atoms with E-state index in [2.05, 4.69) is 94.8 Å². The SMILES string of the molecule is Cc1c[c-]c(-c2cc(C)c(C)cn2)cc1.[2H]C([2H])([2H])c1ccc2c(n1)oc1c(-c3ccc4sc5c(c4n3)C(C)(C)CCC5(C)C)[c-]ccc12.[Ir]. The third-order valence-corrected chi connectivity index (χ3v) is 10.9. The summed E-state index contributed by atoms with van der Waals surface area (Å²) >= 11 is 1.86. The Hall–Kier alpha value is -3.70. The monoisotopic (exact) mass is 817 g/mol. The number of hydrogen-bond donors (Lipinski definition) is 0. The maximum Gasteiger partial charge on any atom is 0.216 e. The van der Waals surface area contributed by atoms with Gasteiger partial charge in [0.2, 0.25) is 5.71 Å². The molecular weight excluding hydrogens is 775 g/mol. The first-order valence-electron chi connectivity index (χ1n) is 17.2. The van der Waals surface area contributed by atoms with E-state index < -0.39 is 6.85 Å². The molecule has 5 heterocycles. The molecule has 7 aromatic rings. The average Bonchev–Trinajstić information content (AvgIpc) is 3.65. The van der Waals surface area contributed by atoms with Crippen LogP contribution in [-0.4, -0.2) is 15.0 Å². The molecule has 0 spiro atoms. The van der Waals surface area contributed by atoms with E-state index in [0.717, 1.165) is 45.2 Å². The standard InChI is InChI=1S/C27H25N2OS.C14H14N.Ir/c1-15-9-10-17-16-7-6-8-18(23(16)30-25(17)28-15)19-11-12-20-22(29-19)21-24(31-20)27(4,5)14-13-26(21,2)3;1-10-4-6-13(7-5-10)14-8-11(2)12(3)9-15-14;/h6-7,9-12H,13-14H2,1-5H3;4-6,8-9H,1-3H3;/q2*-1;/i1D3;;. The summed E-state index contributed by atoms with van der Waals surface area (Å²) in [6.45, 7) is 13.3. The number of hydrogen-bond acceptors (Lipinski definition) is 5. The van der Waals surface area contributed by atoms with Gasteiger partial charge in [-0.2, -0.15) is 0 Å². The molecule has 0 saturated heterocycles. The number of nitrogens with zero attached hydrogens (tertiary/aromatic N) is 3. The van der Waals surface area contributed by atoms with E-state index >= 15 is 0 Å². The van der Waals surface area contributed by atoms with Crippen molar-refractivity contribution in [2.24, 2.45) is 0 Å². The molecule has 1 radical (unpaired) electrons. The minimum Gasteiger partial charge on any atom is -0.486 e. The molecule has 0 fully saturated rings. The van der Waals surface area contributed by atoms with Gasteiger partial charge in [0, 0.05) is 46.4 Å². The first-order chi connectivity index (χ1) is 23.1. The van der Waals surface area contributed by atoms with E-state index in [1.807, 2.05) is 41.8 Å². The van der Waals surface area contributed by atoms with Gasteiger partial charge in [-0.3, -0.25) is 4.98 Å². The molecule has 5 aromatic heterocycles. The first-order valence-corrected chi connectivity index (χ1v) is 16.6. The molecule has 0 saturated carbocycles. The fourth-order valence-corrected chi connectivity index (χ4v) is 7.78. The second-order valence-corrected chi connectivity index (χ2v) is 14.8. The number of furan rings is 1. The van der Waals surface area contributed by atoms with Crippen molar-refractivity contribution in [1.82, 2.24) is 15.0 Å². The van der Waals surface area contributed by atoms with Gasteiger partial charge < -0.3 is 9.40 Å². The topological polar surface area (TPSA) is 51.8 Å². The Kier molecular flexibility index (Phi) is 7.76. The Morgan fingerprint density at radius 1 is 0.851 bits per heavy atom. The van der Waals surface area contributed by atoms with Crippen molar-refractivity contribution in [3.05, 3.63) is 112 Å². The van der Waals surface area contributed by atoms with Crippen molar-refractivity contribution in [3.63, 3.8) is 0 Å². The second kappa shape index (κ2) is 12.4. The van der Waals surface area contributed by atoms with Crippen LogP contribution in [0.3, 0.4) is 0 Å². The third-order valence-electron chi connectivity index (χ3n) is 9.37. The minimum absolute atomic E-state index is 0. The summed E-state index contributed by atoms with van der Waals surface area (Å²) in [6.07, 6.45) is 4.22. The molecule has 0 N–H and O–H groups in total. The van der Waals surface area contributed by atoms with Gasteiger partial charge >= 0.3 is 0 Å². The van der Waals surface area contributed by atoms with Crippen molar-refractivity contribution in [2.75, 3.05) is 0 Å². The van der Waals surface area contributed by atoms with E-state index in [4.69, 9.17) is 13.5 Å². The van der Waals surface area contributed by atoms with Gasteiger partial charge in [-0.05, 0) is 85.1 Å². The fraction of sp³-hybridized carbons (Fsp3) is 0.293. The molecule has 0 unspecified atom stereocenters. The largest absolute Gasteiger partial charge is 0.486 e.